The molecule has 0 radical (unpaired) electrons. The van der Waals surface area contributed by atoms with Gasteiger partial charge in [-0.15, -0.1) is 0 Å². The highest BCUT2D eigenvalue weighted by molar-refractivity contribution is 5.92. The number of para-hydroxylation sites is 1. The molecule has 0 spiro atoms. The summed E-state index contributed by atoms with van der Waals surface area (Å²) in [5.41, 5.74) is 1.62. The zero-order valence-electron chi connectivity index (χ0n) is 16.8. The van der Waals surface area contributed by atoms with E-state index in [4.69, 9.17) is 0 Å². The Bertz CT molecular complexity index is 826. The SMILES string of the molecule is O=C(CN1CCC(NC(=O)C2(c3ccccc3)CCC2)CC1)Nc1ccccc1. The zero-order valence-corrected chi connectivity index (χ0v) is 16.8. The molecule has 5 nitrogen and oxygen atoms in total. The molecular formula is C24H29N3O2. The largest absolute Gasteiger partial charge is 0.353 e. The van der Waals surface area contributed by atoms with Crippen LogP contribution in [-0.2, 0) is 15.0 Å². The molecule has 2 fully saturated rings. The number of nitrogens with zero attached hydrogens (tertiary/aromatic N) is 1. The fraction of sp³-hybridized carbons (Fsp3) is 0.417. The van der Waals surface area contributed by atoms with Crippen LogP contribution in [0.15, 0.2) is 60.7 Å². The van der Waals surface area contributed by atoms with Crippen LogP contribution in [0.5, 0.6) is 0 Å². The highest BCUT2D eigenvalue weighted by Crippen LogP contribution is 2.44. The molecular weight excluding hydrogens is 362 g/mol. The van der Waals surface area contributed by atoms with Gasteiger partial charge < -0.3 is 10.6 Å². The van der Waals surface area contributed by atoms with Gasteiger partial charge in [0.25, 0.3) is 0 Å². The van der Waals surface area contributed by atoms with Crippen molar-refractivity contribution >= 4 is 17.5 Å². The number of hydrogen-bond acceptors (Lipinski definition) is 3. The van der Waals surface area contributed by atoms with Crippen molar-refractivity contribution in [2.24, 2.45) is 0 Å². The normalized spacial score (nSPS) is 19.2. The molecule has 152 valence electrons. The smallest absolute Gasteiger partial charge is 0.238 e. The molecule has 0 aromatic heterocycles. The quantitative estimate of drug-likeness (QED) is 0.794. The number of anilines is 1. The van der Waals surface area contributed by atoms with Crippen molar-refractivity contribution in [1.29, 1.82) is 0 Å². The number of amides is 2. The second-order valence-corrected chi connectivity index (χ2v) is 8.24. The van der Waals surface area contributed by atoms with E-state index in [9.17, 15) is 9.59 Å². The third kappa shape index (κ3) is 4.51. The van der Waals surface area contributed by atoms with Crippen molar-refractivity contribution < 1.29 is 9.59 Å². The number of carbonyl (C=O) groups is 2. The number of nitrogens with one attached hydrogen (secondary N) is 2. The molecule has 1 saturated carbocycles. The minimum Gasteiger partial charge on any atom is -0.353 e. The Balaban J connectivity index is 1.26. The summed E-state index contributed by atoms with van der Waals surface area (Å²) in [7, 11) is 0. The summed E-state index contributed by atoms with van der Waals surface area (Å²) in [5.74, 6) is 0.186. The third-order valence-corrected chi connectivity index (χ3v) is 6.32. The van der Waals surface area contributed by atoms with E-state index in [1.165, 1.54) is 0 Å². The van der Waals surface area contributed by atoms with Crippen molar-refractivity contribution in [2.45, 2.75) is 43.6 Å². The van der Waals surface area contributed by atoms with Crippen LogP contribution < -0.4 is 10.6 Å². The molecule has 2 amide bonds. The first-order valence-corrected chi connectivity index (χ1v) is 10.6. The topological polar surface area (TPSA) is 61.4 Å². The number of benzene rings is 2. The molecule has 4 rings (SSSR count). The fourth-order valence-electron chi connectivity index (χ4n) is 4.42. The molecule has 1 saturated heterocycles. The molecule has 2 aliphatic rings. The molecule has 1 aliphatic heterocycles. The van der Waals surface area contributed by atoms with E-state index in [0.717, 1.165) is 56.4 Å². The number of piperidine rings is 1. The highest BCUT2D eigenvalue weighted by atomic mass is 16.2. The average Bonchev–Trinajstić information content (AvgIpc) is 2.70. The first kappa shape index (κ1) is 19.6. The maximum Gasteiger partial charge on any atom is 0.238 e. The predicted octanol–water partition coefficient (Wildman–Crippen LogP) is 3.33. The van der Waals surface area contributed by atoms with Gasteiger partial charge in [0, 0.05) is 24.8 Å². The van der Waals surface area contributed by atoms with Crippen LogP contribution in [0.3, 0.4) is 0 Å². The number of carbonyl (C=O) groups excluding carboxylic acids is 2. The second-order valence-electron chi connectivity index (χ2n) is 8.24. The van der Waals surface area contributed by atoms with Crippen LogP contribution in [0.1, 0.15) is 37.7 Å². The fourth-order valence-corrected chi connectivity index (χ4v) is 4.42. The van der Waals surface area contributed by atoms with E-state index in [2.05, 4.69) is 27.7 Å². The summed E-state index contributed by atoms with van der Waals surface area (Å²) in [6.45, 7) is 2.04. The van der Waals surface area contributed by atoms with Gasteiger partial charge in [0.2, 0.25) is 11.8 Å². The van der Waals surface area contributed by atoms with Gasteiger partial charge in [0.1, 0.15) is 0 Å². The Morgan fingerprint density at radius 3 is 2.14 bits per heavy atom. The van der Waals surface area contributed by atoms with Gasteiger partial charge in [-0.25, -0.2) is 0 Å². The van der Waals surface area contributed by atoms with E-state index in [0.29, 0.717) is 6.54 Å². The summed E-state index contributed by atoms with van der Waals surface area (Å²) in [5, 5.41) is 6.24. The van der Waals surface area contributed by atoms with Crippen LogP contribution in [0, 0.1) is 0 Å². The van der Waals surface area contributed by atoms with Crippen LogP contribution in [0.2, 0.25) is 0 Å². The van der Waals surface area contributed by atoms with Crippen LogP contribution in [0.4, 0.5) is 5.69 Å². The lowest BCUT2D eigenvalue weighted by Crippen LogP contribution is -2.54. The zero-order chi connectivity index (χ0) is 20.1. The minimum absolute atomic E-state index is 0.0104. The van der Waals surface area contributed by atoms with E-state index >= 15 is 0 Å². The molecule has 1 aliphatic carbocycles. The standard InChI is InChI=1S/C24H29N3O2/c28-22(25-20-10-5-2-6-11-20)18-27-16-12-21(13-17-27)26-23(29)24(14-7-15-24)19-8-3-1-4-9-19/h1-6,8-11,21H,7,12-18H2,(H,25,28)(H,26,29). The molecule has 1 heterocycles. The number of hydrogen-bond donors (Lipinski definition) is 2. The third-order valence-electron chi connectivity index (χ3n) is 6.32. The second kappa shape index (κ2) is 8.78. The molecule has 5 heteroatoms. The van der Waals surface area contributed by atoms with Crippen LogP contribution >= 0.6 is 0 Å². The van der Waals surface area contributed by atoms with E-state index in [1.54, 1.807) is 0 Å². The molecule has 2 aromatic rings. The van der Waals surface area contributed by atoms with Gasteiger partial charge in [-0.2, -0.15) is 0 Å². The molecule has 2 aromatic carbocycles. The Morgan fingerprint density at radius 2 is 1.55 bits per heavy atom. The highest BCUT2D eigenvalue weighted by Gasteiger charge is 2.46. The van der Waals surface area contributed by atoms with Crippen LogP contribution in [0.25, 0.3) is 0 Å². The van der Waals surface area contributed by atoms with Crippen molar-refractivity contribution in [3.05, 3.63) is 66.2 Å². The first-order chi connectivity index (χ1) is 14.2. The van der Waals surface area contributed by atoms with Gasteiger partial charge in [-0.3, -0.25) is 14.5 Å². The van der Waals surface area contributed by atoms with Crippen LogP contribution in [-0.4, -0.2) is 42.4 Å². The molecule has 0 bridgehead atoms. The van der Waals surface area contributed by atoms with E-state index in [1.807, 2.05) is 48.5 Å². The van der Waals surface area contributed by atoms with E-state index < -0.39 is 0 Å². The van der Waals surface area contributed by atoms with Gasteiger partial charge in [-0.05, 0) is 43.4 Å². The van der Waals surface area contributed by atoms with Crippen molar-refractivity contribution in [2.75, 3.05) is 25.0 Å². The minimum atomic E-state index is -0.339. The van der Waals surface area contributed by atoms with Gasteiger partial charge in [0.05, 0.1) is 12.0 Å². The molecule has 2 N–H and O–H groups in total. The Morgan fingerprint density at radius 1 is 0.931 bits per heavy atom. The lowest BCUT2D eigenvalue weighted by molar-refractivity contribution is -0.131. The summed E-state index contributed by atoms with van der Waals surface area (Å²) in [6, 6.07) is 19.9. The number of likely N-dealkylation sites (tertiary alicyclic amines) is 1. The lowest BCUT2D eigenvalue weighted by Gasteiger charge is -2.42. The van der Waals surface area contributed by atoms with Gasteiger partial charge in [0.15, 0.2) is 0 Å². The van der Waals surface area contributed by atoms with Crippen molar-refractivity contribution in [3.8, 4) is 0 Å². The maximum atomic E-state index is 13.1. The summed E-state index contributed by atoms with van der Waals surface area (Å²) in [4.78, 5) is 27.5. The Hall–Kier alpha value is -2.66. The monoisotopic (exact) mass is 391 g/mol. The Kier molecular flexibility index (Phi) is 5.95. The van der Waals surface area contributed by atoms with Crippen molar-refractivity contribution in [1.82, 2.24) is 10.2 Å². The summed E-state index contributed by atoms with van der Waals surface area (Å²) < 4.78 is 0. The summed E-state index contributed by atoms with van der Waals surface area (Å²) in [6.07, 6.45) is 4.74. The maximum absolute atomic E-state index is 13.1. The van der Waals surface area contributed by atoms with E-state index in [-0.39, 0.29) is 23.3 Å². The first-order valence-electron chi connectivity index (χ1n) is 10.6. The summed E-state index contributed by atoms with van der Waals surface area (Å²) >= 11 is 0. The Labute approximate surface area is 172 Å². The number of rotatable bonds is 6. The molecule has 29 heavy (non-hydrogen) atoms. The molecule has 0 unspecified atom stereocenters. The van der Waals surface area contributed by atoms with Gasteiger partial charge >= 0.3 is 0 Å². The van der Waals surface area contributed by atoms with Gasteiger partial charge in [-0.1, -0.05) is 55.0 Å². The average molecular weight is 392 g/mol. The lowest BCUT2D eigenvalue weighted by atomic mass is 9.63. The molecule has 0 atom stereocenters. The van der Waals surface area contributed by atoms with Crippen molar-refractivity contribution in [3.63, 3.8) is 0 Å². The predicted molar refractivity (Wildman–Crippen MR) is 115 cm³/mol.